The molecule has 1 aromatic heterocycles. The molecule has 0 aliphatic rings. The molecule has 0 aliphatic carbocycles. The lowest BCUT2D eigenvalue weighted by Crippen LogP contribution is -1.72. The van der Waals surface area contributed by atoms with Crippen LogP contribution in [-0.2, 0) is 0 Å². The fourth-order valence-corrected chi connectivity index (χ4v) is 0.492. The number of halogens is 1. The third kappa shape index (κ3) is 0.597. The Bertz CT molecular complexity index is 112. The van der Waals surface area contributed by atoms with Crippen molar-refractivity contribution in [2.75, 3.05) is 0 Å². The molecule has 2 nitrogen and oxygen atoms in total. The fourth-order valence-electron chi connectivity index (χ4n) is 0.250. The van der Waals surface area contributed by atoms with Crippen molar-refractivity contribution in [3.8, 4) is 0 Å². The van der Waals surface area contributed by atoms with Gasteiger partial charge in [0, 0.05) is 12.4 Å². The Morgan fingerprint density at radius 1 is 1.67 bits per heavy atom. The molecule has 6 heavy (non-hydrogen) atoms. The number of hydrogen-bond acceptors (Lipinski definition) is 1. The van der Waals surface area contributed by atoms with Crippen LogP contribution in [0, 0.1) is 0 Å². The molecule has 0 unspecified atom stereocenters. The number of rotatable bonds is 0. The second kappa shape index (κ2) is 1.43. The first-order valence-electron chi connectivity index (χ1n) is 1.55. The molecular weight excluding hydrogens is 144 g/mol. The highest BCUT2D eigenvalue weighted by atomic mass is 79.9. The lowest BCUT2D eigenvalue weighted by Gasteiger charge is -1.72. The minimum absolute atomic E-state index is 1.56. The van der Waals surface area contributed by atoms with Gasteiger partial charge in [0.15, 0.2) is 0 Å². The molecule has 1 aromatic rings. The van der Waals surface area contributed by atoms with Gasteiger partial charge in [0.2, 0.25) is 0 Å². The monoisotopic (exact) mass is 146 g/mol. The van der Waals surface area contributed by atoms with Crippen LogP contribution in [0.1, 0.15) is 0 Å². The summed E-state index contributed by atoms with van der Waals surface area (Å²) in [4.78, 5) is 0. The summed E-state index contributed by atoms with van der Waals surface area (Å²) in [7, 11) is 0. The van der Waals surface area contributed by atoms with Gasteiger partial charge < -0.3 is 0 Å². The summed E-state index contributed by atoms with van der Waals surface area (Å²) in [6, 6.07) is 1.84. The summed E-state index contributed by atoms with van der Waals surface area (Å²) in [5, 5.41) is 3.75. The van der Waals surface area contributed by atoms with Gasteiger partial charge in [0.25, 0.3) is 0 Å². The van der Waals surface area contributed by atoms with E-state index in [0.717, 1.165) is 0 Å². The van der Waals surface area contributed by atoms with E-state index >= 15 is 0 Å². The molecule has 1 rings (SSSR count). The van der Waals surface area contributed by atoms with Crippen LogP contribution in [0.2, 0.25) is 0 Å². The van der Waals surface area contributed by atoms with Crippen molar-refractivity contribution in [3.63, 3.8) is 0 Å². The minimum Gasteiger partial charge on any atom is -0.205 e. The van der Waals surface area contributed by atoms with Gasteiger partial charge in [0.1, 0.15) is 0 Å². The third-order valence-electron chi connectivity index (χ3n) is 0.472. The summed E-state index contributed by atoms with van der Waals surface area (Å²) in [6.45, 7) is 0. The van der Waals surface area contributed by atoms with Crippen LogP contribution >= 0.6 is 16.1 Å². The smallest absolute Gasteiger partial charge is 0.0743 e. The van der Waals surface area contributed by atoms with E-state index in [2.05, 4.69) is 21.2 Å². The van der Waals surface area contributed by atoms with E-state index in [0.29, 0.717) is 0 Å². The van der Waals surface area contributed by atoms with Gasteiger partial charge in [-0.15, -0.1) is 0 Å². The van der Waals surface area contributed by atoms with Gasteiger partial charge in [-0.25, -0.2) is 3.71 Å². The van der Waals surface area contributed by atoms with E-state index in [4.69, 9.17) is 0 Å². The van der Waals surface area contributed by atoms with E-state index < -0.39 is 0 Å². The zero-order valence-electron chi connectivity index (χ0n) is 3.00. The second-order valence-electron chi connectivity index (χ2n) is 0.895. The molecule has 0 bridgehead atoms. The zero-order valence-corrected chi connectivity index (χ0v) is 4.59. The SMILES string of the molecule is Brn1cccn1. The first-order chi connectivity index (χ1) is 2.89. The van der Waals surface area contributed by atoms with Gasteiger partial charge in [0.05, 0.1) is 16.1 Å². The molecule has 0 fully saturated rings. The Kier molecular flexibility index (Phi) is 0.919. The maximum atomic E-state index is 3.75. The fraction of sp³-hybridized carbons (Fsp3) is 0. The molecule has 0 amide bonds. The van der Waals surface area contributed by atoms with Crippen LogP contribution in [-0.4, -0.2) is 8.81 Å². The average Bonchev–Trinajstić information content (AvgIpc) is 1.86. The van der Waals surface area contributed by atoms with E-state index in [1.165, 1.54) is 0 Å². The van der Waals surface area contributed by atoms with Crippen molar-refractivity contribution >= 4 is 16.1 Å². The van der Waals surface area contributed by atoms with E-state index in [-0.39, 0.29) is 0 Å². The Balaban J connectivity index is 3.05. The summed E-state index contributed by atoms with van der Waals surface area (Å²) in [6.07, 6.45) is 3.51. The Labute approximate surface area is 44.1 Å². The predicted octanol–water partition coefficient (Wildman–Crippen LogP) is 1.04. The van der Waals surface area contributed by atoms with E-state index in [1.54, 1.807) is 16.1 Å². The molecular formula is C3H3BrN2. The molecule has 0 spiro atoms. The largest absolute Gasteiger partial charge is 0.205 e. The van der Waals surface area contributed by atoms with Gasteiger partial charge >= 0.3 is 0 Å². The lowest BCUT2D eigenvalue weighted by molar-refractivity contribution is 1.03. The van der Waals surface area contributed by atoms with Crippen molar-refractivity contribution in [3.05, 3.63) is 18.5 Å². The molecule has 0 radical (unpaired) electrons. The quantitative estimate of drug-likeness (QED) is 0.536. The molecule has 1 heterocycles. The number of nitrogens with zero attached hydrogens (tertiary/aromatic N) is 2. The van der Waals surface area contributed by atoms with E-state index in [9.17, 15) is 0 Å². The maximum Gasteiger partial charge on any atom is 0.0743 e. The normalized spacial score (nSPS) is 8.83. The summed E-state index contributed by atoms with van der Waals surface area (Å²) < 4.78 is 1.56. The van der Waals surface area contributed by atoms with Crippen LogP contribution in [0.25, 0.3) is 0 Å². The Hall–Kier alpha value is -0.310. The number of hydrogen-bond donors (Lipinski definition) is 0. The predicted molar refractivity (Wildman–Crippen MR) is 26.6 cm³/mol. The summed E-state index contributed by atoms with van der Waals surface area (Å²) in [5.74, 6) is 0. The summed E-state index contributed by atoms with van der Waals surface area (Å²) in [5.41, 5.74) is 0. The van der Waals surface area contributed by atoms with Gasteiger partial charge in [-0.05, 0) is 6.07 Å². The number of aromatic nitrogens is 2. The van der Waals surface area contributed by atoms with Crippen molar-refractivity contribution < 1.29 is 0 Å². The van der Waals surface area contributed by atoms with Crippen LogP contribution in [0.15, 0.2) is 18.5 Å². The van der Waals surface area contributed by atoms with Crippen LogP contribution in [0.3, 0.4) is 0 Å². The maximum absolute atomic E-state index is 3.75. The average molecular weight is 147 g/mol. The first kappa shape index (κ1) is 3.87. The van der Waals surface area contributed by atoms with E-state index in [1.807, 2.05) is 6.07 Å². The van der Waals surface area contributed by atoms with Crippen LogP contribution in [0.4, 0.5) is 0 Å². The van der Waals surface area contributed by atoms with Crippen molar-refractivity contribution in [1.29, 1.82) is 0 Å². The van der Waals surface area contributed by atoms with Gasteiger partial charge in [-0.1, -0.05) is 0 Å². The first-order valence-corrected chi connectivity index (χ1v) is 2.26. The zero-order chi connectivity index (χ0) is 4.41. The van der Waals surface area contributed by atoms with Gasteiger partial charge in [-0.2, -0.15) is 5.10 Å². The molecule has 0 atom stereocenters. The lowest BCUT2D eigenvalue weighted by atomic mass is 10.8. The molecule has 0 aliphatic heterocycles. The molecule has 0 saturated heterocycles. The molecule has 0 saturated carbocycles. The van der Waals surface area contributed by atoms with Crippen LogP contribution in [0.5, 0.6) is 0 Å². The van der Waals surface area contributed by atoms with Crippen molar-refractivity contribution in [2.24, 2.45) is 0 Å². The van der Waals surface area contributed by atoms with Crippen LogP contribution < -0.4 is 0 Å². The van der Waals surface area contributed by atoms with Gasteiger partial charge in [-0.3, -0.25) is 0 Å². The highest BCUT2D eigenvalue weighted by Crippen LogP contribution is 1.85. The topological polar surface area (TPSA) is 17.8 Å². The molecule has 3 heteroatoms. The molecule has 0 N–H and O–H groups in total. The summed E-state index contributed by atoms with van der Waals surface area (Å²) >= 11 is 3.09. The molecule has 0 aromatic carbocycles. The second-order valence-corrected chi connectivity index (χ2v) is 1.62. The van der Waals surface area contributed by atoms with Crippen molar-refractivity contribution in [2.45, 2.75) is 0 Å². The highest BCUT2D eigenvalue weighted by molar-refractivity contribution is 9.08. The third-order valence-corrected chi connectivity index (χ3v) is 0.892. The standard InChI is InChI=1S/C3H3BrN2/c4-6-3-1-2-5-6/h1-3H. The Morgan fingerprint density at radius 2 is 2.50 bits per heavy atom. The molecule has 32 valence electrons. The minimum atomic E-state index is 1.56. The highest BCUT2D eigenvalue weighted by Gasteiger charge is 1.72. The Morgan fingerprint density at radius 3 is 2.67 bits per heavy atom. The van der Waals surface area contributed by atoms with Crippen molar-refractivity contribution in [1.82, 2.24) is 8.81 Å².